The predicted octanol–water partition coefficient (Wildman–Crippen LogP) is 5.96. The second-order valence-electron chi connectivity index (χ2n) is 10.1. The van der Waals surface area contributed by atoms with Crippen molar-refractivity contribution in [3.63, 3.8) is 0 Å². The van der Waals surface area contributed by atoms with Crippen LogP contribution in [0.3, 0.4) is 0 Å². The van der Waals surface area contributed by atoms with Gasteiger partial charge in [0.2, 0.25) is 11.8 Å². The molecule has 0 unspecified atom stereocenters. The Bertz CT molecular complexity index is 1560. The lowest BCUT2D eigenvalue weighted by molar-refractivity contribution is -0.123. The maximum Gasteiger partial charge on any atom is 0.240 e. The number of thioether (sulfide) groups is 1. The van der Waals surface area contributed by atoms with Crippen LogP contribution in [0, 0.1) is 6.92 Å². The van der Waals surface area contributed by atoms with E-state index in [1.807, 2.05) is 79.7 Å². The van der Waals surface area contributed by atoms with Gasteiger partial charge in [-0.3, -0.25) is 14.5 Å². The summed E-state index contributed by atoms with van der Waals surface area (Å²) in [5, 5.41) is 8.51. The Labute approximate surface area is 242 Å². The van der Waals surface area contributed by atoms with Gasteiger partial charge in [-0.15, -0.1) is 11.8 Å². The molecule has 6 rings (SSSR count). The average molecular weight is 573 g/mol. The number of aromatic nitrogens is 2. The van der Waals surface area contributed by atoms with E-state index in [2.05, 4.69) is 5.32 Å². The number of nitrogens with zero attached hydrogens (tertiary/aromatic N) is 3. The van der Waals surface area contributed by atoms with E-state index in [1.54, 1.807) is 16.7 Å². The van der Waals surface area contributed by atoms with Gasteiger partial charge >= 0.3 is 0 Å². The van der Waals surface area contributed by atoms with Gasteiger partial charge in [-0.1, -0.05) is 59.6 Å². The third kappa shape index (κ3) is 5.21. The molecule has 1 saturated carbocycles. The van der Waals surface area contributed by atoms with Crippen molar-refractivity contribution in [2.45, 2.75) is 31.1 Å². The second-order valence-corrected chi connectivity index (χ2v) is 11.6. The Balaban J connectivity index is 1.62. The number of ether oxygens (including phenoxy) is 1. The van der Waals surface area contributed by atoms with E-state index in [4.69, 9.17) is 21.4 Å². The molecule has 2 heterocycles. The molecule has 7 nitrogen and oxygen atoms in total. The molecular weight excluding hydrogens is 544 g/mol. The van der Waals surface area contributed by atoms with E-state index in [1.165, 1.54) is 11.8 Å². The summed E-state index contributed by atoms with van der Waals surface area (Å²) in [6.45, 7) is 1.94. The Morgan fingerprint density at radius 1 is 1.07 bits per heavy atom. The summed E-state index contributed by atoms with van der Waals surface area (Å²) in [7, 11) is 1.65. The molecule has 1 N–H and O–H groups in total. The molecule has 204 valence electrons. The van der Waals surface area contributed by atoms with E-state index < -0.39 is 0 Å². The van der Waals surface area contributed by atoms with Gasteiger partial charge in [0.1, 0.15) is 18.1 Å². The van der Waals surface area contributed by atoms with Gasteiger partial charge < -0.3 is 10.1 Å². The summed E-state index contributed by atoms with van der Waals surface area (Å²) in [6.07, 6.45) is 1.94. The number of nitrogens with one attached hydrogen (secondary N) is 1. The van der Waals surface area contributed by atoms with Crippen LogP contribution in [-0.2, 0) is 9.59 Å². The zero-order valence-corrected chi connectivity index (χ0v) is 23.8. The van der Waals surface area contributed by atoms with E-state index in [-0.39, 0.29) is 35.4 Å². The molecule has 2 aliphatic rings. The zero-order valence-electron chi connectivity index (χ0n) is 22.3. The maximum absolute atomic E-state index is 13.8. The van der Waals surface area contributed by atoms with Gasteiger partial charge in [0.25, 0.3) is 0 Å². The van der Waals surface area contributed by atoms with Crippen molar-refractivity contribution in [2.75, 3.05) is 24.3 Å². The monoisotopic (exact) mass is 572 g/mol. The van der Waals surface area contributed by atoms with Crippen molar-refractivity contribution in [2.24, 2.45) is 0 Å². The largest absolute Gasteiger partial charge is 0.496 e. The molecule has 1 aliphatic heterocycles. The highest BCUT2D eigenvalue weighted by Crippen LogP contribution is 2.50. The quantitative estimate of drug-likeness (QED) is 0.296. The van der Waals surface area contributed by atoms with E-state index in [9.17, 15) is 9.59 Å². The Hall–Kier alpha value is -3.75. The third-order valence-corrected chi connectivity index (χ3v) is 8.64. The van der Waals surface area contributed by atoms with Crippen LogP contribution in [0.2, 0.25) is 5.02 Å². The van der Waals surface area contributed by atoms with Crippen LogP contribution in [0.1, 0.15) is 34.8 Å². The van der Waals surface area contributed by atoms with Crippen LogP contribution in [0.25, 0.3) is 16.9 Å². The Kier molecular flexibility index (Phi) is 7.29. The predicted molar refractivity (Wildman–Crippen MR) is 160 cm³/mol. The average Bonchev–Trinajstić information content (AvgIpc) is 3.72. The fourth-order valence-electron chi connectivity index (χ4n) is 4.98. The van der Waals surface area contributed by atoms with Crippen LogP contribution in [0.5, 0.6) is 5.75 Å². The number of halogens is 1. The van der Waals surface area contributed by atoms with E-state index >= 15 is 0 Å². The smallest absolute Gasteiger partial charge is 0.240 e. The van der Waals surface area contributed by atoms with Crippen LogP contribution < -0.4 is 15.0 Å². The van der Waals surface area contributed by atoms with Gasteiger partial charge in [-0.2, -0.15) is 5.10 Å². The fourth-order valence-corrected chi connectivity index (χ4v) is 6.33. The van der Waals surface area contributed by atoms with Gasteiger partial charge in [-0.05, 0) is 50.1 Å². The lowest BCUT2D eigenvalue weighted by atomic mass is 9.99. The minimum absolute atomic E-state index is 0.0842. The molecule has 1 aliphatic carbocycles. The van der Waals surface area contributed by atoms with Crippen LogP contribution in [0.4, 0.5) is 5.82 Å². The normalized spacial score (nSPS) is 16.8. The summed E-state index contributed by atoms with van der Waals surface area (Å²) in [5.41, 5.74) is 5.28. The van der Waals surface area contributed by atoms with E-state index in [0.717, 1.165) is 52.2 Å². The Morgan fingerprint density at radius 2 is 1.80 bits per heavy atom. The summed E-state index contributed by atoms with van der Waals surface area (Å²) in [6, 6.07) is 23.6. The second kappa shape index (κ2) is 11.0. The molecule has 3 aromatic carbocycles. The number of rotatable bonds is 7. The minimum atomic E-state index is -0.281. The molecule has 0 radical (unpaired) electrons. The van der Waals surface area contributed by atoms with Crippen molar-refractivity contribution in [1.29, 1.82) is 0 Å². The van der Waals surface area contributed by atoms with Gasteiger partial charge in [0, 0.05) is 27.8 Å². The maximum atomic E-state index is 13.8. The van der Waals surface area contributed by atoms with Crippen molar-refractivity contribution in [1.82, 2.24) is 15.1 Å². The van der Waals surface area contributed by atoms with Crippen molar-refractivity contribution in [3.05, 3.63) is 94.5 Å². The zero-order chi connectivity index (χ0) is 27.8. The number of carbonyl (C=O) groups is 2. The number of anilines is 1. The van der Waals surface area contributed by atoms with Gasteiger partial charge in [0.15, 0.2) is 0 Å². The van der Waals surface area contributed by atoms with Crippen LogP contribution in [0.15, 0.2) is 72.8 Å². The number of methoxy groups -OCH3 is 1. The molecule has 1 fully saturated rings. The number of fused-ring (bicyclic) bond motifs is 1. The number of aryl methyl sites for hydroxylation is 1. The lowest BCUT2D eigenvalue weighted by Crippen LogP contribution is -2.43. The number of amides is 2. The van der Waals surface area contributed by atoms with Crippen molar-refractivity contribution < 1.29 is 14.3 Å². The number of hydrogen-bond donors (Lipinski definition) is 1. The van der Waals surface area contributed by atoms with Crippen molar-refractivity contribution >= 4 is 41.0 Å². The first-order valence-corrected chi connectivity index (χ1v) is 14.7. The van der Waals surface area contributed by atoms with Gasteiger partial charge in [-0.25, -0.2) is 4.68 Å². The molecule has 1 atom stereocenters. The van der Waals surface area contributed by atoms with Gasteiger partial charge in [0.05, 0.1) is 29.5 Å². The lowest BCUT2D eigenvalue weighted by Gasteiger charge is -2.23. The molecule has 9 heteroatoms. The molecule has 1 aromatic heterocycles. The topological polar surface area (TPSA) is 76.5 Å². The molecule has 40 heavy (non-hydrogen) atoms. The summed E-state index contributed by atoms with van der Waals surface area (Å²) in [5.74, 6) is 1.19. The SMILES string of the molecule is COc1ccccc1[C@H]1SCC(=O)N(CC(=O)NC2CC2)c2c1c(-c1ccc(Cl)cc1)nn2-c1ccc(C)cc1. The highest BCUT2D eigenvalue weighted by molar-refractivity contribution is 8.00. The standard InChI is InChI=1S/C31H29ClN4O3S/c1-19-7-15-23(16-8-19)36-31-28(29(34-36)20-9-11-21(32)12-10-20)30(24-5-3-4-6-25(24)39-2)40-18-27(38)35(31)17-26(37)33-22-13-14-22/h3-12,15-16,22,30H,13-14,17-18H2,1-2H3,(H,33,37)/t30-/m1/s1. The number of hydrogen-bond acceptors (Lipinski definition) is 5. The molecule has 2 amide bonds. The van der Waals surface area contributed by atoms with Crippen LogP contribution in [-0.4, -0.2) is 47.0 Å². The molecule has 0 saturated heterocycles. The summed E-state index contributed by atoms with van der Waals surface area (Å²) >= 11 is 7.77. The summed E-state index contributed by atoms with van der Waals surface area (Å²) < 4.78 is 7.57. The minimum Gasteiger partial charge on any atom is -0.496 e. The van der Waals surface area contributed by atoms with Crippen molar-refractivity contribution in [3.8, 4) is 22.7 Å². The first-order chi connectivity index (χ1) is 19.4. The number of benzene rings is 3. The van der Waals surface area contributed by atoms with E-state index in [0.29, 0.717) is 10.8 Å². The first-order valence-electron chi connectivity index (χ1n) is 13.2. The highest BCUT2D eigenvalue weighted by Gasteiger charge is 2.39. The molecule has 4 aromatic rings. The number of para-hydroxylation sites is 1. The summed E-state index contributed by atoms with van der Waals surface area (Å²) in [4.78, 5) is 28.5. The fraction of sp³-hybridized carbons (Fsp3) is 0.258. The molecule has 0 spiro atoms. The van der Waals surface area contributed by atoms with Crippen LogP contribution >= 0.6 is 23.4 Å². The first kappa shape index (κ1) is 26.5. The Morgan fingerprint density at radius 3 is 2.50 bits per heavy atom. The highest BCUT2D eigenvalue weighted by atomic mass is 35.5. The third-order valence-electron chi connectivity index (χ3n) is 7.15. The molecule has 0 bridgehead atoms. The number of carbonyl (C=O) groups excluding carboxylic acids is 2. The molecular formula is C31H29ClN4O3S.